The molecule has 0 spiro atoms. The molecular formula is C17H18N6O. The average Bonchev–Trinajstić information content (AvgIpc) is 3.06. The Morgan fingerprint density at radius 3 is 2.46 bits per heavy atom. The Kier molecular flexibility index (Phi) is 4.51. The van der Waals surface area contributed by atoms with E-state index in [1.165, 1.54) is 0 Å². The van der Waals surface area contributed by atoms with Crippen molar-refractivity contribution in [2.24, 2.45) is 0 Å². The van der Waals surface area contributed by atoms with E-state index in [-0.39, 0.29) is 5.91 Å². The molecule has 1 amide bonds. The summed E-state index contributed by atoms with van der Waals surface area (Å²) in [4.78, 5) is 11.5. The molecule has 0 saturated carbocycles. The lowest BCUT2D eigenvalue weighted by molar-refractivity contribution is 0.0963. The van der Waals surface area contributed by atoms with Gasteiger partial charge in [0.15, 0.2) is 5.82 Å². The monoisotopic (exact) mass is 322 g/mol. The first-order chi connectivity index (χ1) is 11.7. The molecule has 2 heterocycles. The van der Waals surface area contributed by atoms with Crippen molar-refractivity contribution in [1.29, 1.82) is 0 Å². The van der Waals surface area contributed by atoms with E-state index in [2.05, 4.69) is 25.9 Å². The Labute approximate surface area is 139 Å². The predicted molar refractivity (Wildman–Crippen MR) is 91.0 cm³/mol. The molecule has 0 radical (unpaired) electrons. The SMILES string of the molecule is CNC(=O)c1ccc(CNc2ccc(-n3ccc(C)n3)nn2)cc1. The van der Waals surface area contributed by atoms with Crippen molar-refractivity contribution in [1.82, 2.24) is 25.3 Å². The summed E-state index contributed by atoms with van der Waals surface area (Å²) < 4.78 is 1.68. The van der Waals surface area contributed by atoms with E-state index in [1.54, 1.807) is 23.9 Å². The second-order valence-electron chi connectivity index (χ2n) is 5.31. The van der Waals surface area contributed by atoms with Gasteiger partial charge < -0.3 is 10.6 Å². The summed E-state index contributed by atoms with van der Waals surface area (Å²) in [7, 11) is 1.62. The number of rotatable bonds is 5. The van der Waals surface area contributed by atoms with Gasteiger partial charge >= 0.3 is 0 Å². The van der Waals surface area contributed by atoms with Crippen LogP contribution >= 0.6 is 0 Å². The zero-order valence-corrected chi connectivity index (χ0v) is 13.5. The summed E-state index contributed by atoms with van der Waals surface area (Å²) in [6.45, 7) is 2.53. The van der Waals surface area contributed by atoms with Crippen LogP contribution in [0.2, 0.25) is 0 Å². The maximum atomic E-state index is 11.5. The second-order valence-corrected chi connectivity index (χ2v) is 5.31. The highest BCUT2D eigenvalue weighted by molar-refractivity contribution is 5.93. The number of benzene rings is 1. The molecule has 3 aromatic rings. The van der Waals surface area contributed by atoms with Crippen LogP contribution in [0.15, 0.2) is 48.7 Å². The van der Waals surface area contributed by atoms with Crippen LogP contribution < -0.4 is 10.6 Å². The Bertz CT molecular complexity index is 823. The van der Waals surface area contributed by atoms with Gasteiger partial charge in [-0.2, -0.15) is 5.10 Å². The van der Waals surface area contributed by atoms with Crippen molar-refractivity contribution in [2.75, 3.05) is 12.4 Å². The number of hydrogen-bond acceptors (Lipinski definition) is 5. The molecular weight excluding hydrogens is 304 g/mol. The minimum absolute atomic E-state index is 0.0928. The molecule has 7 nitrogen and oxygen atoms in total. The lowest BCUT2D eigenvalue weighted by Gasteiger charge is -2.07. The van der Waals surface area contributed by atoms with Gasteiger partial charge in [-0.05, 0) is 42.8 Å². The fourth-order valence-corrected chi connectivity index (χ4v) is 2.20. The van der Waals surface area contributed by atoms with Crippen LogP contribution in [0, 0.1) is 6.92 Å². The Morgan fingerprint density at radius 1 is 1.08 bits per heavy atom. The highest BCUT2D eigenvalue weighted by Gasteiger charge is 2.04. The zero-order valence-electron chi connectivity index (χ0n) is 13.5. The molecule has 0 aliphatic heterocycles. The predicted octanol–water partition coefficient (Wildman–Crippen LogP) is 1.94. The molecule has 2 aromatic heterocycles. The maximum Gasteiger partial charge on any atom is 0.251 e. The number of hydrogen-bond donors (Lipinski definition) is 2. The number of carbonyl (C=O) groups excluding carboxylic acids is 1. The number of aryl methyl sites for hydroxylation is 1. The molecule has 24 heavy (non-hydrogen) atoms. The van der Waals surface area contributed by atoms with Crippen LogP contribution in [-0.2, 0) is 6.54 Å². The summed E-state index contributed by atoms with van der Waals surface area (Å²) in [5, 5.41) is 18.4. The van der Waals surface area contributed by atoms with Crippen LogP contribution in [0.5, 0.6) is 0 Å². The third-order valence-electron chi connectivity index (χ3n) is 3.52. The van der Waals surface area contributed by atoms with E-state index in [0.717, 1.165) is 11.3 Å². The fraction of sp³-hybridized carbons (Fsp3) is 0.176. The summed E-state index contributed by atoms with van der Waals surface area (Å²) in [5.74, 6) is 1.26. The van der Waals surface area contributed by atoms with E-state index >= 15 is 0 Å². The minimum atomic E-state index is -0.0928. The second kappa shape index (κ2) is 6.91. The van der Waals surface area contributed by atoms with E-state index in [1.807, 2.05) is 43.5 Å². The Hall–Kier alpha value is -3.22. The first kappa shape index (κ1) is 15.7. The fourth-order valence-electron chi connectivity index (χ4n) is 2.20. The molecule has 3 rings (SSSR count). The van der Waals surface area contributed by atoms with Gasteiger partial charge in [0.1, 0.15) is 5.82 Å². The molecule has 1 aromatic carbocycles. The molecule has 7 heteroatoms. The van der Waals surface area contributed by atoms with Gasteiger partial charge in [-0.3, -0.25) is 4.79 Å². The summed E-state index contributed by atoms with van der Waals surface area (Å²) in [5.41, 5.74) is 2.62. The van der Waals surface area contributed by atoms with E-state index < -0.39 is 0 Å². The van der Waals surface area contributed by atoms with Crippen molar-refractivity contribution in [2.45, 2.75) is 13.5 Å². The highest BCUT2D eigenvalue weighted by atomic mass is 16.1. The Morgan fingerprint density at radius 2 is 1.88 bits per heavy atom. The highest BCUT2D eigenvalue weighted by Crippen LogP contribution is 2.10. The number of nitrogens with zero attached hydrogens (tertiary/aromatic N) is 4. The number of aromatic nitrogens is 4. The molecule has 0 saturated heterocycles. The standard InChI is InChI=1S/C17H18N6O/c1-12-9-10-23(22-12)16-8-7-15(20-21-16)19-11-13-3-5-14(6-4-13)17(24)18-2/h3-10H,11H2,1-2H3,(H,18,24)(H,19,20). The van der Waals surface area contributed by atoms with Gasteiger partial charge in [0, 0.05) is 25.4 Å². The largest absolute Gasteiger partial charge is 0.365 e. The quantitative estimate of drug-likeness (QED) is 0.750. The van der Waals surface area contributed by atoms with Crippen LogP contribution in [0.3, 0.4) is 0 Å². The van der Waals surface area contributed by atoms with Crippen LogP contribution in [0.25, 0.3) is 5.82 Å². The van der Waals surface area contributed by atoms with Gasteiger partial charge in [-0.1, -0.05) is 12.1 Å². The summed E-state index contributed by atoms with van der Waals surface area (Å²) >= 11 is 0. The molecule has 0 bridgehead atoms. The van der Waals surface area contributed by atoms with Crippen molar-refractivity contribution < 1.29 is 4.79 Å². The van der Waals surface area contributed by atoms with Gasteiger partial charge in [-0.15, -0.1) is 10.2 Å². The zero-order chi connectivity index (χ0) is 16.9. The van der Waals surface area contributed by atoms with Crippen molar-refractivity contribution in [3.63, 3.8) is 0 Å². The summed E-state index contributed by atoms with van der Waals surface area (Å²) in [6.07, 6.45) is 1.85. The first-order valence-corrected chi connectivity index (χ1v) is 7.57. The third-order valence-corrected chi connectivity index (χ3v) is 3.52. The maximum absolute atomic E-state index is 11.5. The minimum Gasteiger partial charge on any atom is -0.365 e. The molecule has 122 valence electrons. The normalized spacial score (nSPS) is 10.4. The van der Waals surface area contributed by atoms with Crippen molar-refractivity contribution in [3.8, 4) is 5.82 Å². The molecule has 0 aliphatic carbocycles. The average molecular weight is 322 g/mol. The number of amides is 1. The lowest BCUT2D eigenvalue weighted by atomic mass is 10.1. The van der Waals surface area contributed by atoms with Gasteiger partial charge in [0.25, 0.3) is 5.91 Å². The van der Waals surface area contributed by atoms with Crippen LogP contribution in [0.4, 0.5) is 5.82 Å². The van der Waals surface area contributed by atoms with E-state index in [0.29, 0.717) is 23.7 Å². The number of carbonyl (C=O) groups is 1. The first-order valence-electron chi connectivity index (χ1n) is 7.57. The van der Waals surface area contributed by atoms with Gasteiger partial charge in [0.05, 0.1) is 5.69 Å². The molecule has 0 aliphatic rings. The lowest BCUT2D eigenvalue weighted by Crippen LogP contribution is -2.17. The van der Waals surface area contributed by atoms with Crippen LogP contribution in [-0.4, -0.2) is 32.9 Å². The molecule has 0 unspecified atom stereocenters. The van der Waals surface area contributed by atoms with E-state index in [4.69, 9.17) is 0 Å². The number of nitrogens with one attached hydrogen (secondary N) is 2. The van der Waals surface area contributed by atoms with Gasteiger partial charge in [-0.25, -0.2) is 4.68 Å². The number of anilines is 1. The van der Waals surface area contributed by atoms with Crippen molar-refractivity contribution in [3.05, 3.63) is 65.5 Å². The van der Waals surface area contributed by atoms with Gasteiger partial charge in [0.2, 0.25) is 0 Å². The van der Waals surface area contributed by atoms with Crippen molar-refractivity contribution >= 4 is 11.7 Å². The van der Waals surface area contributed by atoms with Crippen LogP contribution in [0.1, 0.15) is 21.6 Å². The molecule has 0 atom stereocenters. The van der Waals surface area contributed by atoms with E-state index in [9.17, 15) is 4.79 Å². The summed E-state index contributed by atoms with van der Waals surface area (Å²) in [6, 6.07) is 13.0. The topological polar surface area (TPSA) is 84.7 Å². The third kappa shape index (κ3) is 3.57. The Balaban J connectivity index is 1.61. The molecule has 0 fully saturated rings. The smallest absolute Gasteiger partial charge is 0.251 e. The molecule has 2 N–H and O–H groups in total.